The van der Waals surface area contributed by atoms with Crippen molar-refractivity contribution in [3.8, 4) is 28.5 Å². The predicted octanol–water partition coefficient (Wildman–Crippen LogP) is 5.80. The third kappa shape index (κ3) is 3.60. The molecular weight excluding hydrogens is 512 g/mol. The molecule has 0 unspecified atom stereocenters. The number of nitrogens with zero attached hydrogens (tertiary/aromatic N) is 9. The number of alkyl halides is 2. The monoisotopic (exact) mass is 539 g/mol. The number of halogens is 2. The van der Waals surface area contributed by atoms with E-state index in [2.05, 4.69) is 39.0 Å². The molecule has 2 aliphatic rings. The van der Waals surface area contributed by atoms with E-state index in [9.17, 15) is 8.78 Å². The molecule has 202 valence electrons. The molecule has 0 radical (unpaired) electrons. The van der Waals surface area contributed by atoms with Crippen molar-refractivity contribution in [3.05, 3.63) is 59.8 Å². The van der Waals surface area contributed by atoms with Gasteiger partial charge in [-0.15, -0.1) is 0 Å². The first-order chi connectivity index (χ1) is 19.4. The van der Waals surface area contributed by atoms with Gasteiger partial charge in [0.25, 0.3) is 6.43 Å². The van der Waals surface area contributed by atoms with Crippen LogP contribution in [0.2, 0.25) is 0 Å². The van der Waals surface area contributed by atoms with Crippen molar-refractivity contribution >= 4 is 21.9 Å². The largest absolute Gasteiger partial charge is 0.330 e. The highest BCUT2D eigenvalue weighted by molar-refractivity contribution is 5.95. The Hall–Kier alpha value is -4.41. The Bertz CT molecular complexity index is 1950. The summed E-state index contributed by atoms with van der Waals surface area (Å²) >= 11 is 0. The highest BCUT2D eigenvalue weighted by Crippen LogP contribution is 2.49. The molecule has 0 aliphatic heterocycles. The van der Waals surface area contributed by atoms with Crippen LogP contribution in [0.1, 0.15) is 61.0 Å². The number of rotatable bonds is 6. The van der Waals surface area contributed by atoms with Gasteiger partial charge in [0.2, 0.25) is 0 Å². The standard InChI is InChI=1S/C29H27F2N9/c1-37-13-17-11-19(24(15-7-8-15)32-28(17)36-37)29-33-25(26(38(29)2)16-9-10-16)18-5-4-6-21-20(18)14-40(34-21)23-12-22(27(30)31)39(3)35-23/h4-6,11-16,27H,7-10H2,1-3H3. The molecule has 40 heavy (non-hydrogen) atoms. The maximum Gasteiger partial charge on any atom is 0.280 e. The minimum atomic E-state index is -2.61. The summed E-state index contributed by atoms with van der Waals surface area (Å²) in [4.78, 5) is 10.3. The topological polar surface area (TPSA) is 84.2 Å². The molecule has 11 heteroatoms. The molecule has 2 saturated carbocycles. The van der Waals surface area contributed by atoms with Crippen molar-refractivity contribution < 1.29 is 8.78 Å². The Labute approximate surface area is 228 Å². The number of pyridine rings is 1. The summed E-state index contributed by atoms with van der Waals surface area (Å²) in [7, 11) is 5.54. The molecule has 9 nitrogen and oxygen atoms in total. The van der Waals surface area contributed by atoms with Gasteiger partial charge in [-0.25, -0.2) is 23.4 Å². The van der Waals surface area contributed by atoms with E-state index >= 15 is 0 Å². The minimum Gasteiger partial charge on any atom is -0.330 e. The van der Waals surface area contributed by atoms with Crippen LogP contribution < -0.4 is 0 Å². The van der Waals surface area contributed by atoms with Crippen LogP contribution in [0.15, 0.2) is 42.7 Å². The van der Waals surface area contributed by atoms with Crippen molar-refractivity contribution in [3.63, 3.8) is 0 Å². The molecule has 0 atom stereocenters. The first kappa shape index (κ1) is 23.5. The number of imidazole rings is 1. The second kappa shape index (κ2) is 8.30. The molecule has 0 amide bonds. The van der Waals surface area contributed by atoms with E-state index in [0.717, 1.165) is 76.0 Å². The van der Waals surface area contributed by atoms with Crippen LogP contribution in [-0.4, -0.2) is 43.9 Å². The van der Waals surface area contributed by atoms with Gasteiger partial charge >= 0.3 is 0 Å². The van der Waals surface area contributed by atoms with Crippen LogP contribution in [-0.2, 0) is 21.1 Å². The zero-order valence-corrected chi connectivity index (χ0v) is 22.4. The molecule has 1 aromatic carbocycles. The van der Waals surface area contributed by atoms with Crippen LogP contribution in [0, 0.1) is 0 Å². The molecule has 5 aromatic heterocycles. The van der Waals surface area contributed by atoms with E-state index in [-0.39, 0.29) is 5.69 Å². The smallest absolute Gasteiger partial charge is 0.280 e. The van der Waals surface area contributed by atoms with Gasteiger partial charge in [-0.05, 0) is 37.8 Å². The fourth-order valence-corrected chi connectivity index (χ4v) is 5.86. The summed E-state index contributed by atoms with van der Waals surface area (Å²) in [5, 5.41) is 15.4. The highest BCUT2D eigenvalue weighted by atomic mass is 19.3. The van der Waals surface area contributed by atoms with Gasteiger partial charge in [-0.3, -0.25) is 9.36 Å². The lowest BCUT2D eigenvalue weighted by Crippen LogP contribution is -2.01. The first-order valence-corrected chi connectivity index (χ1v) is 13.6. The molecule has 0 saturated heterocycles. The summed E-state index contributed by atoms with van der Waals surface area (Å²) in [6.45, 7) is 0. The summed E-state index contributed by atoms with van der Waals surface area (Å²) in [5.41, 5.74) is 6.64. The predicted molar refractivity (Wildman–Crippen MR) is 146 cm³/mol. The molecule has 6 aromatic rings. The lowest BCUT2D eigenvalue weighted by Gasteiger charge is -2.10. The lowest BCUT2D eigenvalue weighted by atomic mass is 10.0. The molecule has 0 spiro atoms. The number of fused-ring (bicyclic) bond motifs is 2. The van der Waals surface area contributed by atoms with E-state index in [4.69, 9.17) is 9.97 Å². The molecule has 8 rings (SSSR count). The summed E-state index contributed by atoms with van der Waals surface area (Å²) < 4.78 is 33.7. The van der Waals surface area contributed by atoms with E-state index in [1.165, 1.54) is 23.5 Å². The third-order valence-corrected chi connectivity index (χ3v) is 8.11. The Morgan fingerprint density at radius 3 is 2.40 bits per heavy atom. The molecule has 5 heterocycles. The maximum atomic E-state index is 13.4. The number of aryl methyl sites for hydroxylation is 2. The van der Waals surface area contributed by atoms with Gasteiger partial charge in [-0.1, -0.05) is 12.1 Å². The molecule has 2 aliphatic carbocycles. The fourth-order valence-electron chi connectivity index (χ4n) is 5.86. The van der Waals surface area contributed by atoms with Crippen molar-refractivity contribution in [2.24, 2.45) is 21.1 Å². The lowest BCUT2D eigenvalue weighted by molar-refractivity contribution is 0.141. The van der Waals surface area contributed by atoms with Gasteiger partial charge in [0.05, 0.1) is 16.9 Å². The Kier molecular flexibility index (Phi) is 4.87. The van der Waals surface area contributed by atoms with E-state index < -0.39 is 6.43 Å². The normalized spacial score (nSPS) is 15.8. The average molecular weight is 540 g/mol. The van der Waals surface area contributed by atoms with Gasteiger partial charge < -0.3 is 4.57 Å². The first-order valence-electron chi connectivity index (χ1n) is 13.6. The number of benzene rings is 1. The Morgan fingerprint density at radius 1 is 0.875 bits per heavy atom. The fraction of sp³-hybridized carbons (Fsp3) is 0.345. The van der Waals surface area contributed by atoms with E-state index in [1.807, 2.05) is 36.3 Å². The molecule has 0 N–H and O–H groups in total. The highest BCUT2D eigenvalue weighted by Gasteiger charge is 2.35. The SMILES string of the molecule is Cn1cc2cc(-c3nc(-c4cccc5nn(-c6cc(C(F)F)n(C)n6)cc45)c(C4CC4)n3C)c(C3CC3)nc2n1. The number of aromatic nitrogens is 9. The van der Waals surface area contributed by atoms with E-state index in [1.54, 1.807) is 4.68 Å². The van der Waals surface area contributed by atoms with Crippen molar-refractivity contribution in [2.45, 2.75) is 43.9 Å². The maximum absolute atomic E-state index is 13.4. The molecule has 2 fully saturated rings. The van der Waals surface area contributed by atoms with Crippen LogP contribution in [0.4, 0.5) is 8.78 Å². The van der Waals surface area contributed by atoms with Crippen LogP contribution in [0.25, 0.3) is 50.4 Å². The van der Waals surface area contributed by atoms with E-state index in [0.29, 0.717) is 17.7 Å². The van der Waals surface area contributed by atoms with Crippen molar-refractivity contribution in [1.82, 2.24) is 43.9 Å². The van der Waals surface area contributed by atoms with Crippen LogP contribution in [0.3, 0.4) is 0 Å². The molecular formula is C29H27F2N9. The number of hydrogen-bond acceptors (Lipinski definition) is 5. The zero-order valence-electron chi connectivity index (χ0n) is 22.4. The van der Waals surface area contributed by atoms with Crippen LogP contribution in [0.5, 0.6) is 0 Å². The van der Waals surface area contributed by atoms with Gasteiger partial charge in [0, 0.05) is 79.0 Å². The summed E-state index contributed by atoms with van der Waals surface area (Å²) in [5.74, 6) is 2.14. The number of hydrogen-bond donors (Lipinski definition) is 0. The Morgan fingerprint density at radius 2 is 1.68 bits per heavy atom. The average Bonchev–Trinajstić information content (AvgIpc) is 3.79. The van der Waals surface area contributed by atoms with Crippen molar-refractivity contribution in [1.29, 1.82) is 0 Å². The zero-order chi connectivity index (χ0) is 27.3. The quantitative estimate of drug-likeness (QED) is 0.267. The van der Waals surface area contributed by atoms with Crippen LogP contribution >= 0.6 is 0 Å². The second-order valence-electron chi connectivity index (χ2n) is 11.1. The minimum absolute atomic E-state index is 0.147. The Balaban J connectivity index is 1.31. The van der Waals surface area contributed by atoms with Gasteiger partial charge in [0.15, 0.2) is 11.5 Å². The van der Waals surface area contributed by atoms with Gasteiger partial charge in [-0.2, -0.15) is 15.3 Å². The molecule has 0 bridgehead atoms. The third-order valence-electron chi connectivity index (χ3n) is 8.11. The second-order valence-corrected chi connectivity index (χ2v) is 11.1. The van der Waals surface area contributed by atoms with Crippen molar-refractivity contribution in [2.75, 3.05) is 0 Å². The summed E-state index contributed by atoms with van der Waals surface area (Å²) in [6.07, 6.45) is 5.77. The van der Waals surface area contributed by atoms with Gasteiger partial charge in [0.1, 0.15) is 11.5 Å². The summed E-state index contributed by atoms with van der Waals surface area (Å²) in [6, 6.07) is 9.54.